The first-order chi connectivity index (χ1) is 11.4. The third kappa shape index (κ3) is 3.26. The molecule has 0 atom stereocenters. The SMILES string of the molecule is C(=C1CCCN=C1c1cccnc1)c1ccn(CC2CCC2)n1. The molecule has 3 heterocycles. The second-order valence-electron chi connectivity index (χ2n) is 6.50. The average Bonchev–Trinajstić information content (AvgIpc) is 3.00. The van der Waals surface area contributed by atoms with Crippen LogP contribution in [0.3, 0.4) is 0 Å². The summed E-state index contributed by atoms with van der Waals surface area (Å²) in [5, 5.41) is 4.72. The van der Waals surface area contributed by atoms with Crippen LogP contribution in [0.25, 0.3) is 6.08 Å². The molecule has 0 saturated heterocycles. The molecule has 0 N–H and O–H groups in total. The van der Waals surface area contributed by atoms with E-state index < -0.39 is 0 Å². The molecule has 0 bridgehead atoms. The minimum atomic E-state index is 0.831. The number of rotatable bonds is 4. The van der Waals surface area contributed by atoms with E-state index >= 15 is 0 Å². The quantitative estimate of drug-likeness (QED) is 0.863. The first-order valence-corrected chi connectivity index (χ1v) is 8.58. The monoisotopic (exact) mass is 306 g/mol. The van der Waals surface area contributed by atoms with Crippen LogP contribution in [0.2, 0.25) is 0 Å². The summed E-state index contributed by atoms with van der Waals surface area (Å²) >= 11 is 0. The van der Waals surface area contributed by atoms with E-state index in [1.165, 1.54) is 24.8 Å². The molecular weight excluding hydrogens is 284 g/mol. The Morgan fingerprint density at radius 1 is 1.22 bits per heavy atom. The lowest BCUT2D eigenvalue weighted by Gasteiger charge is -2.24. The summed E-state index contributed by atoms with van der Waals surface area (Å²) in [6, 6.07) is 6.17. The van der Waals surface area contributed by atoms with E-state index in [4.69, 9.17) is 10.1 Å². The maximum absolute atomic E-state index is 4.73. The highest BCUT2D eigenvalue weighted by Gasteiger charge is 2.18. The van der Waals surface area contributed by atoms with Crippen LogP contribution < -0.4 is 0 Å². The Labute approximate surface area is 137 Å². The maximum atomic E-state index is 4.73. The number of hydrogen-bond donors (Lipinski definition) is 0. The molecule has 1 aliphatic carbocycles. The third-order valence-corrected chi connectivity index (χ3v) is 4.77. The molecule has 0 amide bonds. The van der Waals surface area contributed by atoms with Crippen LogP contribution in [0.4, 0.5) is 0 Å². The highest BCUT2D eigenvalue weighted by molar-refractivity contribution is 6.15. The van der Waals surface area contributed by atoms with Gasteiger partial charge in [0, 0.05) is 37.2 Å². The summed E-state index contributed by atoms with van der Waals surface area (Å²) in [4.78, 5) is 8.95. The molecule has 0 unspecified atom stereocenters. The zero-order chi connectivity index (χ0) is 15.5. The lowest BCUT2D eigenvalue weighted by Crippen LogP contribution is -2.18. The fourth-order valence-electron chi connectivity index (χ4n) is 3.27. The molecule has 0 aromatic carbocycles. The molecule has 4 rings (SSSR count). The van der Waals surface area contributed by atoms with Gasteiger partial charge in [0.2, 0.25) is 0 Å². The largest absolute Gasteiger partial charge is 0.284 e. The molecule has 2 aromatic heterocycles. The summed E-state index contributed by atoms with van der Waals surface area (Å²) in [6.45, 7) is 1.96. The minimum absolute atomic E-state index is 0.831. The Morgan fingerprint density at radius 3 is 2.96 bits per heavy atom. The van der Waals surface area contributed by atoms with Crippen molar-refractivity contribution in [1.29, 1.82) is 0 Å². The maximum Gasteiger partial charge on any atom is 0.0854 e. The van der Waals surface area contributed by atoms with E-state index in [9.17, 15) is 0 Å². The molecule has 2 aliphatic rings. The fraction of sp³-hybridized carbons (Fsp3) is 0.421. The Balaban J connectivity index is 1.56. The van der Waals surface area contributed by atoms with Crippen LogP contribution in [0, 0.1) is 5.92 Å². The van der Waals surface area contributed by atoms with Gasteiger partial charge in [0.05, 0.1) is 11.4 Å². The number of pyridine rings is 1. The molecule has 1 aliphatic heterocycles. The minimum Gasteiger partial charge on any atom is -0.284 e. The van der Waals surface area contributed by atoms with Crippen molar-refractivity contribution in [1.82, 2.24) is 14.8 Å². The molecule has 4 heteroatoms. The van der Waals surface area contributed by atoms with Crippen molar-refractivity contribution in [2.24, 2.45) is 10.9 Å². The van der Waals surface area contributed by atoms with Crippen LogP contribution in [-0.4, -0.2) is 27.0 Å². The van der Waals surface area contributed by atoms with Crippen LogP contribution in [0.15, 0.2) is 47.4 Å². The predicted octanol–water partition coefficient (Wildman–Crippen LogP) is 3.74. The van der Waals surface area contributed by atoms with Gasteiger partial charge in [0.25, 0.3) is 0 Å². The first-order valence-electron chi connectivity index (χ1n) is 8.58. The lowest BCUT2D eigenvalue weighted by molar-refractivity contribution is 0.266. The van der Waals surface area contributed by atoms with E-state index in [1.54, 1.807) is 6.20 Å². The van der Waals surface area contributed by atoms with Crippen LogP contribution >= 0.6 is 0 Å². The summed E-state index contributed by atoms with van der Waals surface area (Å²) in [5.41, 5.74) is 4.50. The average molecular weight is 306 g/mol. The van der Waals surface area contributed by atoms with E-state index in [-0.39, 0.29) is 0 Å². The molecule has 4 nitrogen and oxygen atoms in total. The Morgan fingerprint density at radius 2 is 2.17 bits per heavy atom. The first kappa shape index (κ1) is 14.4. The van der Waals surface area contributed by atoms with E-state index in [1.807, 2.05) is 12.3 Å². The van der Waals surface area contributed by atoms with Gasteiger partial charge in [-0.15, -0.1) is 0 Å². The third-order valence-electron chi connectivity index (χ3n) is 4.77. The van der Waals surface area contributed by atoms with Crippen molar-refractivity contribution in [3.63, 3.8) is 0 Å². The van der Waals surface area contributed by atoms with Gasteiger partial charge in [-0.3, -0.25) is 14.7 Å². The van der Waals surface area contributed by atoms with Crippen LogP contribution in [-0.2, 0) is 6.54 Å². The van der Waals surface area contributed by atoms with Gasteiger partial charge in [0.15, 0.2) is 0 Å². The molecule has 0 radical (unpaired) electrons. The Bertz CT molecular complexity index is 723. The standard InChI is InChI=1S/C19H22N4/c1-4-15(5-1)14-23-11-8-18(22-23)12-16-6-3-10-21-19(16)17-7-2-9-20-13-17/h2,7-9,11-13,15H,1,3-6,10,14H2. The normalized spacial score (nSPS) is 20.3. The zero-order valence-electron chi connectivity index (χ0n) is 13.4. The summed E-state index contributed by atoms with van der Waals surface area (Å²) in [5.74, 6) is 0.831. The molecule has 118 valence electrons. The van der Waals surface area contributed by atoms with E-state index in [0.717, 1.165) is 48.8 Å². The highest BCUT2D eigenvalue weighted by atomic mass is 15.3. The number of hydrogen-bond acceptors (Lipinski definition) is 3. The fourth-order valence-corrected chi connectivity index (χ4v) is 3.27. The van der Waals surface area contributed by atoms with Gasteiger partial charge in [-0.1, -0.05) is 6.42 Å². The second kappa shape index (κ2) is 6.49. The van der Waals surface area contributed by atoms with Gasteiger partial charge in [-0.25, -0.2) is 0 Å². The van der Waals surface area contributed by atoms with Gasteiger partial charge in [-0.05, 0) is 61.4 Å². The zero-order valence-corrected chi connectivity index (χ0v) is 13.4. The van der Waals surface area contributed by atoms with Crippen molar-refractivity contribution >= 4 is 11.8 Å². The van der Waals surface area contributed by atoms with Crippen molar-refractivity contribution in [2.45, 2.75) is 38.6 Å². The van der Waals surface area contributed by atoms with Gasteiger partial charge < -0.3 is 0 Å². The van der Waals surface area contributed by atoms with Crippen LogP contribution in [0.5, 0.6) is 0 Å². The number of nitrogens with zero attached hydrogens (tertiary/aromatic N) is 4. The van der Waals surface area contributed by atoms with Crippen LogP contribution in [0.1, 0.15) is 43.4 Å². The van der Waals surface area contributed by atoms with Gasteiger partial charge >= 0.3 is 0 Å². The molecule has 23 heavy (non-hydrogen) atoms. The summed E-state index contributed by atoms with van der Waals surface area (Å²) in [7, 11) is 0. The van der Waals surface area contributed by atoms with Crippen molar-refractivity contribution < 1.29 is 0 Å². The smallest absolute Gasteiger partial charge is 0.0854 e. The Kier molecular flexibility index (Phi) is 4.05. The van der Waals surface area contributed by atoms with Gasteiger partial charge in [0.1, 0.15) is 0 Å². The lowest BCUT2D eigenvalue weighted by atomic mass is 9.85. The summed E-state index contributed by atoms with van der Waals surface area (Å²) < 4.78 is 2.10. The second-order valence-corrected chi connectivity index (χ2v) is 6.50. The predicted molar refractivity (Wildman–Crippen MR) is 92.4 cm³/mol. The van der Waals surface area contributed by atoms with Gasteiger partial charge in [-0.2, -0.15) is 5.10 Å². The topological polar surface area (TPSA) is 43.1 Å². The van der Waals surface area contributed by atoms with E-state index in [2.05, 4.69) is 34.1 Å². The molecule has 1 fully saturated rings. The van der Waals surface area contributed by atoms with Crippen molar-refractivity contribution in [3.05, 3.63) is 53.6 Å². The molecule has 2 aromatic rings. The van der Waals surface area contributed by atoms with E-state index in [0.29, 0.717) is 0 Å². The summed E-state index contributed by atoms with van der Waals surface area (Å²) in [6.07, 6.45) is 14.3. The van der Waals surface area contributed by atoms with Crippen molar-refractivity contribution in [3.8, 4) is 0 Å². The number of aliphatic imine (C=N–C) groups is 1. The highest BCUT2D eigenvalue weighted by Crippen LogP contribution is 2.27. The molecule has 0 spiro atoms. The number of allylic oxidation sites excluding steroid dienone is 1. The number of aromatic nitrogens is 3. The van der Waals surface area contributed by atoms with Crippen molar-refractivity contribution in [2.75, 3.05) is 6.54 Å². The molecular formula is C19H22N4. The Hall–Kier alpha value is -2.23. The molecule has 1 saturated carbocycles.